The van der Waals surface area contributed by atoms with E-state index in [2.05, 4.69) is 20.7 Å². The second kappa shape index (κ2) is 5.57. The monoisotopic (exact) mass is 295 g/mol. The topological polar surface area (TPSA) is 109 Å². The summed E-state index contributed by atoms with van der Waals surface area (Å²) in [6.07, 6.45) is 1.30. The van der Waals surface area contributed by atoms with Gasteiger partial charge in [-0.05, 0) is 18.2 Å². The van der Waals surface area contributed by atoms with E-state index in [0.717, 1.165) is 0 Å². The summed E-state index contributed by atoms with van der Waals surface area (Å²) in [6, 6.07) is 3.43. The zero-order chi connectivity index (χ0) is 14.7. The van der Waals surface area contributed by atoms with E-state index < -0.39 is 12.0 Å². The van der Waals surface area contributed by atoms with Crippen LogP contribution in [-0.4, -0.2) is 31.9 Å². The fourth-order valence-corrected chi connectivity index (χ4v) is 1.64. The Labute approximate surface area is 118 Å². The number of benzene rings is 1. The van der Waals surface area contributed by atoms with Gasteiger partial charge in [-0.3, -0.25) is 5.32 Å². The average Bonchev–Trinajstić information content (AvgIpc) is 2.77. The lowest BCUT2D eigenvalue weighted by Gasteiger charge is -2.08. The third-order valence-electron chi connectivity index (χ3n) is 2.40. The molecule has 0 radical (unpaired) electrons. The predicted octanol–water partition coefficient (Wildman–Crippen LogP) is 1.81. The second-order valence-corrected chi connectivity index (χ2v) is 4.19. The molecule has 0 atom stereocenters. The number of amides is 2. The maximum Gasteiger partial charge on any atom is 0.335 e. The van der Waals surface area contributed by atoms with Gasteiger partial charge < -0.3 is 10.4 Å². The van der Waals surface area contributed by atoms with E-state index in [-0.39, 0.29) is 22.2 Å². The predicted molar refractivity (Wildman–Crippen MR) is 72.1 cm³/mol. The molecule has 0 bridgehead atoms. The first-order valence-corrected chi connectivity index (χ1v) is 5.80. The third-order valence-corrected chi connectivity index (χ3v) is 2.71. The van der Waals surface area contributed by atoms with Gasteiger partial charge in [0.05, 0.1) is 16.3 Å². The maximum absolute atomic E-state index is 11.7. The number of halogens is 1. The number of hydrogen-bond acceptors (Lipinski definition) is 4. The van der Waals surface area contributed by atoms with Gasteiger partial charge in [0, 0.05) is 7.05 Å². The molecule has 8 nitrogen and oxygen atoms in total. The van der Waals surface area contributed by atoms with Gasteiger partial charge in [-0.15, -0.1) is 0 Å². The van der Waals surface area contributed by atoms with Crippen LogP contribution in [0.15, 0.2) is 24.5 Å². The summed E-state index contributed by atoms with van der Waals surface area (Å²) in [6.45, 7) is 0. The Morgan fingerprint density at radius 2 is 2.10 bits per heavy atom. The molecule has 0 saturated heterocycles. The molecule has 0 aliphatic rings. The Hall–Kier alpha value is -2.61. The summed E-state index contributed by atoms with van der Waals surface area (Å²) in [5, 5.41) is 17.7. The Bertz CT molecular complexity index is 670. The smallest absolute Gasteiger partial charge is 0.335 e. The lowest BCUT2D eigenvalue weighted by Crippen LogP contribution is -2.21. The first-order valence-electron chi connectivity index (χ1n) is 5.42. The standard InChI is InChI=1S/C11H10ClN5O3/c1-17-10(13-5-14-17)16-11(20)15-8-3-2-6(9(18)19)4-7(8)12/h2-5H,1H3,(H,18,19)(H2,13,14,15,16,20). The van der Waals surface area contributed by atoms with Crippen molar-refractivity contribution >= 4 is 35.2 Å². The van der Waals surface area contributed by atoms with Crippen LogP contribution >= 0.6 is 11.6 Å². The normalized spacial score (nSPS) is 10.1. The van der Waals surface area contributed by atoms with Gasteiger partial charge in [-0.25, -0.2) is 14.3 Å². The van der Waals surface area contributed by atoms with Crippen LogP contribution in [0.2, 0.25) is 5.02 Å². The van der Waals surface area contributed by atoms with E-state index >= 15 is 0 Å². The van der Waals surface area contributed by atoms with Crippen molar-refractivity contribution in [2.24, 2.45) is 7.05 Å². The molecule has 0 fully saturated rings. The molecule has 1 heterocycles. The number of nitrogens with zero attached hydrogens (tertiary/aromatic N) is 3. The van der Waals surface area contributed by atoms with Crippen LogP contribution in [0.25, 0.3) is 0 Å². The van der Waals surface area contributed by atoms with Gasteiger partial charge in [0.1, 0.15) is 6.33 Å². The summed E-state index contributed by atoms with van der Waals surface area (Å²) >= 11 is 5.89. The van der Waals surface area contributed by atoms with Crippen molar-refractivity contribution in [2.75, 3.05) is 10.6 Å². The highest BCUT2D eigenvalue weighted by molar-refractivity contribution is 6.34. The largest absolute Gasteiger partial charge is 0.478 e. The summed E-state index contributed by atoms with van der Waals surface area (Å²) in [5.41, 5.74) is 0.325. The molecule has 0 saturated carbocycles. The van der Waals surface area contributed by atoms with Crippen LogP contribution in [0.3, 0.4) is 0 Å². The number of anilines is 2. The van der Waals surface area contributed by atoms with Crippen molar-refractivity contribution in [2.45, 2.75) is 0 Å². The van der Waals surface area contributed by atoms with E-state index in [0.29, 0.717) is 0 Å². The van der Waals surface area contributed by atoms with Crippen molar-refractivity contribution in [1.29, 1.82) is 0 Å². The van der Waals surface area contributed by atoms with E-state index in [1.54, 1.807) is 7.05 Å². The van der Waals surface area contributed by atoms with Gasteiger partial charge >= 0.3 is 12.0 Å². The van der Waals surface area contributed by atoms with Crippen LogP contribution in [-0.2, 0) is 7.05 Å². The van der Waals surface area contributed by atoms with Crippen LogP contribution in [0.5, 0.6) is 0 Å². The molecule has 3 N–H and O–H groups in total. The van der Waals surface area contributed by atoms with Crippen LogP contribution in [0.1, 0.15) is 10.4 Å². The Balaban J connectivity index is 2.08. The molecule has 0 aliphatic carbocycles. The van der Waals surface area contributed by atoms with Gasteiger partial charge in [0.15, 0.2) is 0 Å². The summed E-state index contributed by atoms with van der Waals surface area (Å²) in [5.74, 6) is -0.831. The van der Waals surface area contributed by atoms with E-state index in [9.17, 15) is 9.59 Å². The molecule has 9 heteroatoms. The minimum absolute atomic E-state index is 0.0364. The maximum atomic E-state index is 11.7. The van der Waals surface area contributed by atoms with Crippen LogP contribution < -0.4 is 10.6 Å². The zero-order valence-electron chi connectivity index (χ0n) is 10.3. The average molecular weight is 296 g/mol. The zero-order valence-corrected chi connectivity index (χ0v) is 11.0. The third kappa shape index (κ3) is 3.04. The number of hydrogen-bond donors (Lipinski definition) is 3. The van der Waals surface area contributed by atoms with E-state index in [4.69, 9.17) is 16.7 Å². The molecule has 1 aromatic heterocycles. The highest BCUT2D eigenvalue weighted by Gasteiger charge is 2.11. The second-order valence-electron chi connectivity index (χ2n) is 3.79. The highest BCUT2D eigenvalue weighted by atomic mass is 35.5. The van der Waals surface area contributed by atoms with Gasteiger partial charge in [0.2, 0.25) is 5.95 Å². The lowest BCUT2D eigenvalue weighted by atomic mass is 10.2. The molecular formula is C11H10ClN5O3. The van der Waals surface area contributed by atoms with Crippen molar-refractivity contribution in [3.8, 4) is 0 Å². The Morgan fingerprint density at radius 1 is 1.35 bits per heavy atom. The number of carboxylic acids is 1. The molecule has 20 heavy (non-hydrogen) atoms. The van der Waals surface area contributed by atoms with Crippen molar-refractivity contribution in [1.82, 2.24) is 14.8 Å². The molecule has 104 valence electrons. The number of nitrogens with one attached hydrogen (secondary N) is 2. The summed E-state index contributed by atoms with van der Waals surface area (Å²) in [4.78, 5) is 26.3. The summed E-state index contributed by atoms with van der Waals surface area (Å²) < 4.78 is 1.38. The van der Waals surface area contributed by atoms with Gasteiger partial charge in [-0.2, -0.15) is 10.1 Å². The molecule has 2 rings (SSSR count). The molecule has 2 aromatic rings. The number of aryl methyl sites for hydroxylation is 1. The molecule has 0 aliphatic heterocycles. The molecule has 0 unspecified atom stereocenters. The van der Waals surface area contributed by atoms with Gasteiger partial charge in [0.25, 0.3) is 0 Å². The molecule has 0 spiro atoms. The van der Waals surface area contributed by atoms with Crippen LogP contribution in [0, 0.1) is 0 Å². The summed E-state index contributed by atoms with van der Waals surface area (Å²) in [7, 11) is 1.62. The first kappa shape index (κ1) is 13.8. The van der Waals surface area contributed by atoms with E-state index in [1.165, 1.54) is 29.2 Å². The minimum Gasteiger partial charge on any atom is -0.478 e. The number of urea groups is 1. The molecular weight excluding hydrogens is 286 g/mol. The number of rotatable bonds is 3. The fraction of sp³-hybridized carbons (Fsp3) is 0.0909. The highest BCUT2D eigenvalue weighted by Crippen LogP contribution is 2.23. The molecule has 2 amide bonds. The van der Waals surface area contributed by atoms with Crippen LogP contribution in [0.4, 0.5) is 16.4 Å². The molecule has 1 aromatic carbocycles. The van der Waals surface area contributed by atoms with Crippen molar-refractivity contribution in [3.05, 3.63) is 35.1 Å². The van der Waals surface area contributed by atoms with Crippen molar-refractivity contribution < 1.29 is 14.7 Å². The van der Waals surface area contributed by atoms with E-state index in [1.807, 2.05) is 0 Å². The first-order chi connectivity index (χ1) is 9.47. The lowest BCUT2D eigenvalue weighted by molar-refractivity contribution is 0.0697. The fourth-order valence-electron chi connectivity index (χ4n) is 1.41. The number of aromatic carboxylic acids is 1. The van der Waals surface area contributed by atoms with Gasteiger partial charge in [-0.1, -0.05) is 11.6 Å². The number of carbonyl (C=O) groups is 2. The Morgan fingerprint density at radius 3 is 2.65 bits per heavy atom. The quantitative estimate of drug-likeness (QED) is 0.800. The SMILES string of the molecule is Cn1ncnc1NC(=O)Nc1ccc(C(=O)O)cc1Cl. The number of aromatic nitrogens is 3. The number of carboxylic acid groups (broad SMARTS) is 1. The number of carbonyl (C=O) groups excluding carboxylic acids is 1. The van der Waals surface area contributed by atoms with Crippen molar-refractivity contribution in [3.63, 3.8) is 0 Å². The minimum atomic E-state index is -1.10. The Kier molecular flexibility index (Phi) is 3.85.